The zero-order chi connectivity index (χ0) is 15.8. The molecule has 0 atom stereocenters. The molecule has 0 saturated heterocycles. The van der Waals surface area contributed by atoms with Crippen LogP contribution in [0.3, 0.4) is 0 Å². The Kier molecular flexibility index (Phi) is 5.65. The molecule has 116 valence electrons. The zero-order valence-corrected chi connectivity index (χ0v) is 12.8. The lowest BCUT2D eigenvalue weighted by Crippen LogP contribution is -2.29. The van der Waals surface area contributed by atoms with E-state index >= 15 is 0 Å². The quantitative estimate of drug-likeness (QED) is 0.670. The van der Waals surface area contributed by atoms with Crippen molar-refractivity contribution in [2.45, 2.75) is 13.8 Å². The molecule has 0 aliphatic rings. The number of anilines is 2. The Bertz CT molecular complexity index is 617. The molecule has 2 heterocycles. The largest absolute Gasteiger partial charge is 0.370 e. The standard InChI is InChI=1S/C15H20N6O/c1-3-17-13-9-14(21-11(2)20-13)18-7-8-19-15(22)12-5-4-6-16-10-12/h4-6,9-10H,3,7-8H2,1-2H3,(H,19,22)(H2,17,18,20,21). The molecule has 1 amide bonds. The van der Waals surface area contributed by atoms with Gasteiger partial charge in [-0.15, -0.1) is 0 Å². The number of aromatic nitrogens is 3. The molecule has 0 aliphatic carbocycles. The van der Waals surface area contributed by atoms with Gasteiger partial charge in [-0.05, 0) is 26.0 Å². The van der Waals surface area contributed by atoms with E-state index in [2.05, 4.69) is 30.9 Å². The second-order valence-electron chi connectivity index (χ2n) is 4.64. The first-order valence-electron chi connectivity index (χ1n) is 7.20. The summed E-state index contributed by atoms with van der Waals surface area (Å²) in [7, 11) is 0. The minimum atomic E-state index is -0.137. The van der Waals surface area contributed by atoms with Crippen molar-refractivity contribution in [2.24, 2.45) is 0 Å². The van der Waals surface area contributed by atoms with E-state index < -0.39 is 0 Å². The Morgan fingerprint density at radius 1 is 1.18 bits per heavy atom. The van der Waals surface area contributed by atoms with Crippen LogP contribution in [0.15, 0.2) is 30.6 Å². The summed E-state index contributed by atoms with van der Waals surface area (Å²) in [5, 5.41) is 9.14. The summed E-state index contributed by atoms with van der Waals surface area (Å²) < 4.78 is 0. The predicted molar refractivity (Wildman–Crippen MR) is 86.0 cm³/mol. The third kappa shape index (κ3) is 4.69. The first kappa shape index (κ1) is 15.7. The van der Waals surface area contributed by atoms with Crippen LogP contribution in [0.25, 0.3) is 0 Å². The van der Waals surface area contributed by atoms with Crippen LogP contribution in [0.5, 0.6) is 0 Å². The summed E-state index contributed by atoms with van der Waals surface area (Å²) in [6, 6.07) is 5.31. The van der Waals surface area contributed by atoms with E-state index in [4.69, 9.17) is 0 Å². The molecule has 0 aliphatic heterocycles. The number of rotatable bonds is 7. The van der Waals surface area contributed by atoms with Crippen LogP contribution >= 0.6 is 0 Å². The summed E-state index contributed by atoms with van der Waals surface area (Å²) in [6.07, 6.45) is 3.18. The fourth-order valence-corrected chi connectivity index (χ4v) is 1.90. The number of nitrogens with zero attached hydrogens (tertiary/aromatic N) is 3. The van der Waals surface area contributed by atoms with E-state index in [-0.39, 0.29) is 5.91 Å². The lowest BCUT2D eigenvalue weighted by Gasteiger charge is -2.10. The number of pyridine rings is 1. The SMILES string of the molecule is CCNc1cc(NCCNC(=O)c2cccnc2)nc(C)n1. The number of amides is 1. The molecule has 22 heavy (non-hydrogen) atoms. The number of nitrogens with one attached hydrogen (secondary N) is 3. The number of hydrogen-bond acceptors (Lipinski definition) is 6. The van der Waals surface area contributed by atoms with E-state index in [1.807, 2.05) is 19.9 Å². The number of carbonyl (C=O) groups excluding carboxylic acids is 1. The van der Waals surface area contributed by atoms with Crippen molar-refractivity contribution in [1.29, 1.82) is 0 Å². The summed E-state index contributed by atoms with van der Waals surface area (Å²) in [4.78, 5) is 24.3. The van der Waals surface area contributed by atoms with Crippen molar-refractivity contribution in [3.63, 3.8) is 0 Å². The molecule has 3 N–H and O–H groups in total. The van der Waals surface area contributed by atoms with Gasteiger partial charge in [0, 0.05) is 38.1 Å². The van der Waals surface area contributed by atoms with Crippen molar-refractivity contribution in [2.75, 3.05) is 30.3 Å². The lowest BCUT2D eigenvalue weighted by atomic mass is 10.3. The number of carbonyl (C=O) groups is 1. The molecule has 0 spiro atoms. The van der Waals surface area contributed by atoms with Gasteiger partial charge < -0.3 is 16.0 Å². The molecular formula is C15H20N6O. The lowest BCUT2D eigenvalue weighted by molar-refractivity contribution is 0.0955. The van der Waals surface area contributed by atoms with E-state index in [0.29, 0.717) is 24.5 Å². The van der Waals surface area contributed by atoms with Crippen LogP contribution in [0.4, 0.5) is 11.6 Å². The Labute approximate surface area is 129 Å². The highest BCUT2D eigenvalue weighted by Crippen LogP contribution is 2.10. The Balaban J connectivity index is 1.80. The molecule has 0 saturated carbocycles. The van der Waals surface area contributed by atoms with E-state index in [9.17, 15) is 4.79 Å². The van der Waals surface area contributed by atoms with Gasteiger partial charge in [-0.1, -0.05) is 0 Å². The first-order valence-corrected chi connectivity index (χ1v) is 7.20. The molecule has 2 aromatic heterocycles. The monoisotopic (exact) mass is 300 g/mol. The summed E-state index contributed by atoms with van der Waals surface area (Å²) in [5.74, 6) is 2.08. The molecule has 2 rings (SSSR count). The van der Waals surface area contributed by atoms with Gasteiger partial charge in [0.05, 0.1) is 5.56 Å². The number of aryl methyl sites for hydroxylation is 1. The van der Waals surface area contributed by atoms with Gasteiger partial charge in [0.2, 0.25) is 0 Å². The number of hydrogen-bond donors (Lipinski definition) is 3. The highest BCUT2D eigenvalue weighted by atomic mass is 16.1. The van der Waals surface area contributed by atoms with E-state index in [1.165, 1.54) is 0 Å². The van der Waals surface area contributed by atoms with Crippen LogP contribution in [-0.2, 0) is 0 Å². The van der Waals surface area contributed by atoms with Crippen molar-refractivity contribution in [1.82, 2.24) is 20.3 Å². The highest BCUT2D eigenvalue weighted by molar-refractivity contribution is 5.93. The molecule has 0 fully saturated rings. The van der Waals surface area contributed by atoms with Crippen LogP contribution < -0.4 is 16.0 Å². The van der Waals surface area contributed by atoms with Crippen molar-refractivity contribution in [3.8, 4) is 0 Å². The van der Waals surface area contributed by atoms with Crippen LogP contribution in [0.1, 0.15) is 23.1 Å². The molecule has 7 heteroatoms. The molecule has 0 bridgehead atoms. The maximum absolute atomic E-state index is 11.8. The van der Waals surface area contributed by atoms with E-state index in [1.54, 1.807) is 24.5 Å². The van der Waals surface area contributed by atoms with Crippen molar-refractivity contribution < 1.29 is 4.79 Å². The normalized spacial score (nSPS) is 10.1. The van der Waals surface area contributed by atoms with Gasteiger partial charge >= 0.3 is 0 Å². The maximum atomic E-state index is 11.8. The summed E-state index contributed by atoms with van der Waals surface area (Å²) in [5.41, 5.74) is 0.551. The third-order valence-corrected chi connectivity index (χ3v) is 2.84. The highest BCUT2D eigenvalue weighted by Gasteiger charge is 2.04. The zero-order valence-electron chi connectivity index (χ0n) is 12.8. The fraction of sp³-hybridized carbons (Fsp3) is 0.333. The fourth-order valence-electron chi connectivity index (χ4n) is 1.90. The molecular weight excluding hydrogens is 280 g/mol. The van der Waals surface area contributed by atoms with Crippen molar-refractivity contribution in [3.05, 3.63) is 42.0 Å². The smallest absolute Gasteiger partial charge is 0.252 e. The summed E-state index contributed by atoms with van der Waals surface area (Å²) in [6.45, 7) is 5.73. The van der Waals surface area contributed by atoms with Gasteiger partial charge in [-0.3, -0.25) is 9.78 Å². The Hall–Kier alpha value is -2.70. The van der Waals surface area contributed by atoms with Gasteiger partial charge in [0.25, 0.3) is 5.91 Å². The average molecular weight is 300 g/mol. The van der Waals surface area contributed by atoms with Crippen LogP contribution in [0, 0.1) is 6.92 Å². The minimum Gasteiger partial charge on any atom is -0.370 e. The maximum Gasteiger partial charge on any atom is 0.252 e. The third-order valence-electron chi connectivity index (χ3n) is 2.84. The summed E-state index contributed by atoms with van der Waals surface area (Å²) >= 11 is 0. The minimum absolute atomic E-state index is 0.137. The van der Waals surface area contributed by atoms with Crippen LogP contribution in [0.2, 0.25) is 0 Å². The molecule has 2 aromatic rings. The van der Waals surface area contributed by atoms with Crippen molar-refractivity contribution >= 4 is 17.5 Å². The van der Waals surface area contributed by atoms with Gasteiger partial charge in [-0.2, -0.15) is 0 Å². The second-order valence-corrected chi connectivity index (χ2v) is 4.64. The Morgan fingerprint density at radius 3 is 2.64 bits per heavy atom. The molecule has 0 unspecified atom stereocenters. The second kappa shape index (κ2) is 7.92. The molecule has 0 radical (unpaired) electrons. The Morgan fingerprint density at radius 2 is 1.95 bits per heavy atom. The first-order chi connectivity index (χ1) is 10.7. The van der Waals surface area contributed by atoms with Gasteiger partial charge in [0.1, 0.15) is 17.5 Å². The van der Waals surface area contributed by atoms with Gasteiger partial charge in [0.15, 0.2) is 0 Å². The molecule has 7 nitrogen and oxygen atoms in total. The van der Waals surface area contributed by atoms with Crippen LogP contribution in [-0.4, -0.2) is 40.5 Å². The van der Waals surface area contributed by atoms with E-state index in [0.717, 1.165) is 18.2 Å². The molecule has 0 aromatic carbocycles. The predicted octanol–water partition coefficient (Wildman–Crippen LogP) is 1.45. The van der Waals surface area contributed by atoms with Gasteiger partial charge in [-0.25, -0.2) is 9.97 Å². The topological polar surface area (TPSA) is 91.8 Å². The average Bonchev–Trinajstić information content (AvgIpc) is 2.52.